The maximum absolute atomic E-state index is 14.1. The molecule has 0 aliphatic heterocycles. The molecule has 7 heteroatoms. The van der Waals surface area contributed by atoms with E-state index in [1.807, 2.05) is 79.1 Å². The molecule has 0 saturated carbocycles. The second kappa shape index (κ2) is 13.5. The first kappa shape index (κ1) is 29.9. The van der Waals surface area contributed by atoms with Gasteiger partial charge in [-0.1, -0.05) is 62.4 Å². The van der Waals surface area contributed by atoms with Gasteiger partial charge < -0.3 is 20.1 Å². The first-order valence-electron chi connectivity index (χ1n) is 13.9. The largest absolute Gasteiger partial charge is 0.393 e. The molecule has 41 heavy (non-hydrogen) atoms. The highest BCUT2D eigenvalue weighted by molar-refractivity contribution is 6.12. The molecule has 0 aliphatic rings. The van der Waals surface area contributed by atoms with Crippen molar-refractivity contribution < 1.29 is 24.2 Å². The second-order valence-corrected chi connectivity index (χ2v) is 10.7. The first-order chi connectivity index (χ1) is 19.7. The summed E-state index contributed by atoms with van der Waals surface area (Å²) in [7, 11) is 0. The number of aliphatic hydroxyl groups excluding tert-OH is 2. The Hall–Kier alpha value is -4.07. The van der Waals surface area contributed by atoms with E-state index in [0.29, 0.717) is 17.8 Å². The minimum atomic E-state index is -0.930. The minimum absolute atomic E-state index is 0.0133. The molecule has 1 heterocycles. The van der Waals surface area contributed by atoms with Crippen molar-refractivity contribution in [2.24, 2.45) is 0 Å². The van der Waals surface area contributed by atoms with E-state index < -0.39 is 12.2 Å². The highest BCUT2D eigenvalue weighted by Crippen LogP contribution is 2.42. The zero-order valence-corrected chi connectivity index (χ0v) is 23.7. The Kier molecular flexibility index (Phi) is 9.86. The number of rotatable bonds is 12. The number of halogens is 1. The van der Waals surface area contributed by atoms with Crippen molar-refractivity contribution in [3.05, 3.63) is 102 Å². The van der Waals surface area contributed by atoms with Crippen LogP contribution >= 0.6 is 0 Å². The summed E-state index contributed by atoms with van der Waals surface area (Å²) in [5.41, 5.74) is 5.00. The van der Waals surface area contributed by atoms with Gasteiger partial charge in [0.15, 0.2) is 0 Å². The number of aliphatic hydroxyl groups is 2. The van der Waals surface area contributed by atoms with E-state index in [0.717, 1.165) is 28.1 Å². The van der Waals surface area contributed by atoms with E-state index >= 15 is 0 Å². The smallest absolute Gasteiger partial charge is 0.258 e. The molecule has 0 saturated heterocycles. The standard InChI is InChI=1S/C34H37FN2O4/c1-22(2)32-31(34(41)36-27-12-8-5-9-13-27)30(24-10-6-4-7-11-24)33(25-14-16-26(35)17-15-25)37(32)19-18-28(39)21-29(40)20-23(3)38/h4-17,22,28-29,39-40H,18-21H2,1-3H3,(H,36,41)/t28-,29-/m1/s1. The fourth-order valence-electron chi connectivity index (χ4n) is 5.33. The van der Waals surface area contributed by atoms with Crippen LogP contribution in [0.1, 0.15) is 62.0 Å². The lowest BCUT2D eigenvalue weighted by Crippen LogP contribution is -2.22. The summed E-state index contributed by atoms with van der Waals surface area (Å²) < 4.78 is 16.1. The summed E-state index contributed by atoms with van der Waals surface area (Å²) in [6.07, 6.45) is -1.46. The van der Waals surface area contributed by atoms with Gasteiger partial charge in [-0.05, 0) is 73.2 Å². The molecule has 3 aromatic carbocycles. The maximum atomic E-state index is 14.1. The topological polar surface area (TPSA) is 91.6 Å². The Morgan fingerprint density at radius 1 is 0.854 bits per heavy atom. The van der Waals surface area contributed by atoms with Crippen molar-refractivity contribution >= 4 is 17.4 Å². The molecule has 3 N–H and O–H groups in total. The predicted octanol–water partition coefficient (Wildman–Crippen LogP) is 6.82. The molecule has 1 aromatic heterocycles. The fourth-order valence-corrected chi connectivity index (χ4v) is 5.33. The number of para-hydroxylation sites is 1. The summed E-state index contributed by atoms with van der Waals surface area (Å²) in [6, 6.07) is 25.1. The Morgan fingerprint density at radius 2 is 1.46 bits per heavy atom. The number of carbonyl (C=O) groups is 2. The average molecular weight is 557 g/mol. The van der Waals surface area contributed by atoms with Crippen LogP contribution in [0.15, 0.2) is 84.9 Å². The predicted molar refractivity (Wildman–Crippen MR) is 160 cm³/mol. The normalized spacial score (nSPS) is 12.8. The van der Waals surface area contributed by atoms with Crippen molar-refractivity contribution in [3.8, 4) is 22.4 Å². The quantitative estimate of drug-likeness (QED) is 0.179. The third-order valence-electron chi connectivity index (χ3n) is 7.04. The molecular formula is C34H37FN2O4. The van der Waals surface area contributed by atoms with Crippen LogP contribution in [-0.2, 0) is 11.3 Å². The molecule has 0 radical (unpaired) electrons. The van der Waals surface area contributed by atoms with Gasteiger partial charge in [-0.15, -0.1) is 0 Å². The van der Waals surface area contributed by atoms with Crippen LogP contribution < -0.4 is 5.32 Å². The van der Waals surface area contributed by atoms with Gasteiger partial charge in [0.05, 0.1) is 23.5 Å². The van der Waals surface area contributed by atoms with Crippen LogP contribution in [0, 0.1) is 5.82 Å². The zero-order chi connectivity index (χ0) is 29.5. The lowest BCUT2D eigenvalue weighted by atomic mass is 9.94. The molecule has 0 bridgehead atoms. The molecule has 0 fully saturated rings. The Morgan fingerprint density at radius 3 is 2.05 bits per heavy atom. The summed E-state index contributed by atoms with van der Waals surface area (Å²) >= 11 is 0. The Labute approximate surface area is 240 Å². The second-order valence-electron chi connectivity index (χ2n) is 10.7. The summed E-state index contributed by atoms with van der Waals surface area (Å²) in [5.74, 6) is -0.853. The van der Waals surface area contributed by atoms with Crippen molar-refractivity contribution in [3.63, 3.8) is 0 Å². The Balaban J connectivity index is 1.89. The summed E-state index contributed by atoms with van der Waals surface area (Å²) in [5, 5.41) is 24.1. The first-order valence-corrected chi connectivity index (χ1v) is 13.9. The number of nitrogens with zero attached hydrogens (tertiary/aromatic N) is 1. The highest BCUT2D eigenvalue weighted by Gasteiger charge is 2.30. The van der Waals surface area contributed by atoms with Crippen molar-refractivity contribution in [1.82, 2.24) is 4.57 Å². The average Bonchev–Trinajstić information content (AvgIpc) is 3.28. The van der Waals surface area contributed by atoms with E-state index in [9.17, 15) is 24.2 Å². The number of aromatic nitrogens is 1. The number of amides is 1. The minimum Gasteiger partial charge on any atom is -0.393 e. The van der Waals surface area contributed by atoms with E-state index in [1.165, 1.54) is 19.1 Å². The molecule has 0 unspecified atom stereocenters. The number of Topliss-reactive ketones (excluding diaryl/α,β-unsaturated/α-hetero) is 1. The lowest BCUT2D eigenvalue weighted by Gasteiger charge is -2.20. The fraction of sp³-hybridized carbons (Fsp3) is 0.294. The van der Waals surface area contributed by atoms with Crippen LogP contribution in [0.4, 0.5) is 10.1 Å². The highest BCUT2D eigenvalue weighted by atomic mass is 19.1. The van der Waals surface area contributed by atoms with Crippen LogP contribution in [0.2, 0.25) is 0 Å². The van der Waals surface area contributed by atoms with Crippen LogP contribution in [0.3, 0.4) is 0 Å². The molecule has 0 spiro atoms. The molecule has 4 rings (SSSR count). The van der Waals surface area contributed by atoms with Crippen molar-refractivity contribution in [2.75, 3.05) is 5.32 Å². The van der Waals surface area contributed by atoms with E-state index in [1.54, 1.807) is 12.1 Å². The van der Waals surface area contributed by atoms with Gasteiger partial charge >= 0.3 is 0 Å². The molecule has 1 amide bonds. The van der Waals surface area contributed by atoms with Crippen LogP contribution in [0.25, 0.3) is 22.4 Å². The summed E-state index contributed by atoms with van der Waals surface area (Å²) in [4.78, 5) is 25.5. The van der Waals surface area contributed by atoms with Crippen LogP contribution in [0.5, 0.6) is 0 Å². The summed E-state index contributed by atoms with van der Waals surface area (Å²) in [6.45, 7) is 5.78. The lowest BCUT2D eigenvalue weighted by molar-refractivity contribution is -0.119. The maximum Gasteiger partial charge on any atom is 0.258 e. The SMILES string of the molecule is CC(=O)C[C@@H](O)C[C@H](O)CCn1c(-c2ccc(F)cc2)c(-c2ccccc2)c(C(=O)Nc2ccccc2)c1C(C)C. The number of carbonyl (C=O) groups excluding carboxylic acids is 2. The molecule has 214 valence electrons. The number of ketones is 1. The molecule has 2 atom stereocenters. The third-order valence-corrected chi connectivity index (χ3v) is 7.04. The van der Waals surface area contributed by atoms with Crippen molar-refractivity contribution in [1.29, 1.82) is 0 Å². The third kappa shape index (κ3) is 7.37. The van der Waals surface area contributed by atoms with E-state index in [2.05, 4.69) is 5.32 Å². The molecule has 0 aliphatic carbocycles. The van der Waals surface area contributed by atoms with Gasteiger partial charge in [0.25, 0.3) is 5.91 Å². The zero-order valence-electron chi connectivity index (χ0n) is 23.7. The Bertz CT molecular complexity index is 1460. The molecule has 4 aromatic rings. The van der Waals surface area contributed by atoms with Gasteiger partial charge in [-0.2, -0.15) is 0 Å². The number of anilines is 1. The number of benzene rings is 3. The number of hydrogen-bond acceptors (Lipinski definition) is 4. The van der Waals surface area contributed by atoms with Crippen LogP contribution in [-0.4, -0.2) is 38.7 Å². The van der Waals surface area contributed by atoms with Crippen molar-refractivity contribution in [2.45, 2.75) is 64.7 Å². The van der Waals surface area contributed by atoms with Gasteiger partial charge in [0.1, 0.15) is 11.6 Å². The van der Waals surface area contributed by atoms with Gasteiger partial charge in [-0.25, -0.2) is 4.39 Å². The molecule has 6 nitrogen and oxygen atoms in total. The van der Waals surface area contributed by atoms with Gasteiger partial charge in [-0.3, -0.25) is 9.59 Å². The monoisotopic (exact) mass is 556 g/mol. The number of hydrogen-bond donors (Lipinski definition) is 3. The van der Waals surface area contributed by atoms with E-state index in [-0.39, 0.29) is 42.7 Å². The van der Waals surface area contributed by atoms with Gasteiger partial charge in [0.2, 0.25) is 0 Å². The molecular weight excluding hydrogens is 519 g/mol. The van der Waals surface area contributed by atoms with E-state index in [4.69, 9.17) is 0 Å². The number of nitrogens with one attached hydrogen (secondary N) is 1. The van der Waals surface area contributed by atoms with Gasteiger partial charge in [0, 0.05) is 29.9 Å².